The van der Waals surface area contributed by atoms with Gasteiger partial charge in [-0.15, -0.1) is 0 Å². The first-order valence-electron chi connectivity index (χ1n) is 5.71. The summed E-state index contributed by atoms with van der Waals surface area (Å²) in [5.41, 5.74) is 0.893. The summed E-state index contributed by atoms with van der Waals surface area (Å²) in [4.78, 5) is 8.38. The van der Waals surface area contributed by atoms with Gasteiger partial charge in [0.15, 0.2) is 0 Å². The molecule has 0 fully saturated rings. The highest BCUT2D eigenvalue weighted by Crippen LogP contribution is 2.19. The van der Waals surface area contributed by atoms with Crippen LogP contribution in [-0.4, -0.2) is 19.6 Å². The SMILES string of the molecule is Cc1cc(NC(C)c2ccco2)n2ncnc2n1. The van der Waals surface area contributed by atoms with Crippen LogP contribution in [0.25, 0.3) is 5.78 Å². The normalized spacial score (nSPS) is 12.8. The zero-order valence-corrected chi connectivity index (χ0v) is 10.2. The maximum atomic E-state index is 5.37. The second kappa shape index (κ2) is 4.14. The Labute approximate surface area is 104 Å². The molecule has 6 nitrogen and oxygen atoms in total. The Balaban J connectivity index is 1.97. The van der Waals surface area contributed by atoms with E-state index in [4.69, 9.17) is 4.42 Å². The number of anilines is 1. The van der Waals surface area contributed by atoms with Gasteiger partial charge in [0, 0.05) is 11.8 Å². The summed E-state index contributed by atoms with van der Waals surface area (Å²) in [5, 5.41) is 7.49. The average Bonchev–Trinajstić information content (AvgIpc) is 2.98. The number of aromatic nitrogens is 4. The molecule has 0 saturated heterocycles. The van der Waals surface area contributed by atoms with Crippen LogP contribution in [0.15, 0.2) is 35.2 Å². The van der Waals surface area contributed by atoms with E-state index < -0.39 is 0 Å². The van der Waals surface area contributed by atoms with Gasteiger partial charge in [0.2, 0.25) is 0 Å². The molecule has 0 amide bonds. The molecule has 3 aromatic heterocycles. The van der Waals surface area contributed by atoms with Crippen LogP contribution in [-0.2, 0) is 0 Å². The van der Waals surface area contributed by atoms with E-state index in [1.54, 1.807) is 10.8 Å². The Hall–Kier alpha value is -2.37. The summed E-state index contributed by atoms with van der Waals surface area (Å²) in [6.45, 7) is 3.95. The highest BCUT2D eigenvalue weighted by Gasteiger charge is 2.11. The summed E-state index contributed by atoms with van der Waals surface area (Å²) in [6, 6.07) is 5.79. The highest BCUT2D eigenvalue weighted by atomic mass is 16.3. The van der Waals surface area contributed by atoms with Crippen LogP contribution < -0.4 is 5.32 Å². The van der Waals surface area contributed by atoms with E-state index in [1.807, 2.05) is 32.0 Å². The largest absolute Gasteiger partial charge is 0.467 e. The highest BCUT2D eigenvalue weighted by molar-refractivity contribution is 5.45. The van der Waals surface area contributed by atoms with Crippen molar-refractivity contribution in [3.63, 3.8) is 0 Å². The molecule has 6 heteroatoms. The van der Waals surface area contributed by atoms with Gasteiger partial charge in [-0.2, -0.15) is 14.6 Å². The molecule has 0 bridgehead atoms. The van der Waals surface area contributed by atoms with Crippen LogP contribution in [0.2, 0.25) is 0 Å². The monoisotopic (exact) mass is 243 g/mol. The van der Waals surface area contributed by atoms with Crippen molar-refractivity contribution in [2.75, 3.05) is 5.32 Å². The number of rotatable bonds is 3. The molecule has 0 saturated carbocycles. The molecule has 0 spiro atoms. The predicted molar refractivity (Wildman–Crippen MR) is 66.3 cm³/mol. The molecule has 1 unspecified atom stereocenters. The van der Waals surface area contributed by atoms with E-state index in [0.29, 0.717) is 5.78 Å². The third kappa shape index (κ3) is 1.81. The fraction of sp³-hybridized carbons (Fsp3) is 0.250. The van der Waals surface area contributed by atoms with E-state index in [0.717, 1.165) is 17.3 Å². The van der Waals surface area contributed by atoms with Gasteiger partial charge in [0.25, 0.3) is 5.78 Å². The first-order chi connectivity index (χ1) is 8.74. The lowest BCUT2D eigenvalue weighted by atomic mass is 10.2. The van der Waals surface area contributed by atoms with Crippen LogP contribution in [0.4, 0.5) is 5.82 Å². The molecule has 0 radical (unpaired) electrons. The van der Waals surface area contributed by atoms with E-state index in [2.05, 4.69) is 20.4 Å². The van der Waals surface area contributed by atoms with Crippen LogP contribution >= 0.6 is 0 Å². The fourth-order valence-electron chi connectivity index (χ4n) is 1.86. The molecule has 92 valence electrons. The summed E-state index contributed by atoms with van der Waals surface area (Å²) in [6.07, 6.45) is 3.15. The van der Waals surface area contributed by atoms with Crippen LogP contribution in [0.3, 0.4) is 0 Å². The van der Waals surface area contributed by atoms with Crippen molar-refractivity contribution >= 4 is 11.6 Å². The van der Waals surface area contributed by atoms with Gasteiger partial charge in [0.1, 0.15) is 17.9 Å². The third-order valence-electron chi connectivity index (χ3n) is 2.71. The van der Waals surface area contributed by atoms with Gasteiger partial charge in [-0.05, 0) is 26.0 Å². The Kier molecular flexibility index (Phi) is 2.47. The number of fused-ring (bicyclic) bond motifs is 1. The van der Waals surface area contributed by atoms with Crippen LogP contribution in [0, 0.1) is 6.92 Å². The Bertz CT molecular complexity index is 658. The number of hydrogen-bond acceptors (Lipinski definition) is 5. The minimum atomic E-state index is 0.0502. The third-order valence-corrected chi connectivity index (χ3v) is 2.71. The number of aryl methyl sites for hydroxylation is 1. The van der Waals surface area contributed by atoms with Crippen LogP contribution in [0.5, 0.6) is 0 Å². The van der Waals surface area contributed by atoms with Crippen molar-refractivity contribution in [3.8, 4) is 0 Å². The second-order valence-electron chi connectivity index (χ2n) is 4.14. The minimum Gasteiger partial charge on any atom is -0.467 e. The molecule has 3 rings (SSSR count). The fourth-order valence-corrected chi connectivity index (χ4v) is 1.86. The number of hydrogen-bond donors (Lipinski definition) is 1. The van der Waals surface area contributed by atoms with E-state index >= 15 is 0 Å². The standard InChI is InChI=1S/C12H13N5O/c1-8-6-11(17-12(15-8)13-7-14-17)16-9(2)10-4-3-5-18-10/h3-7,9,16H,1-2H3. The summed E-state index contributed by atoms with van der Waals surface area (Å²) in [5.74, 6) is 2.31. The van der Waals surface area contributed by atoms with Crippen molar-refractivity contribution < 1.29 is 4.42 Å². The van der Waals surface area contributed by atoms with Gasteiger partial charge in [-0.1, -0.05) is 0 Å². The van der Waals surface area contributed by atoms with Crippen molar-refractivity contribution in [2.45, 2.75) is 19.9 Å². The second-order valence-corrected chi connectivity index (χ2v) is 4.14. The topological polar surface area (TPSA) is 68.2 Å². The zero-order chi connectivity index (χ0) is 12.5. The number of nitrogens with zero attached hydrogens (tertiary/aromatic N) is 4. The van der Waals surface area contributed by atoms with Crippen LogP contribution in [0.1, 0.15) is 24.4 Å². The Morgan fingerprint density at radius 1 is 1.44 bits per heavy atom. The van der Waals surface area contributed by atoms with Gasteiger partial charge in [-0.3, -0.25) is 0 Å². The molecule has 0 aliphatic carbocycles. The maximum absolute atomic E-state index is 5.37. The molecule has 3 aromatic rings. The molecule has 18 heavy (non-hydrogen) atoms. The molecule has 1 atom stereocenters. The zero-order valence-electron chi connectivity index (χ0n) is 10.2. The summed E-state index contributed by atoms with van der Waals surface area (Å²) >= 11 is 0. The quantitative estimate of drug-likeness (QED) is 0.763. The molecular formula is C12H13N5O. The number of nitrogens with one attached hydrogen (secondary N) is 1. The lowest BCUT2D eigenvalue weighted by Gasteiger charge is -2.13. The van der Waals surface area contributed by atoms with Gasteiger partial charge in [-0.25, -0.2) is 4.98 Å². The van der Waals surface area contributed by atoms with Crippen molar-refractivity contribution in [1.82, 2.24) is 19.6 Å². The summed E-state index contributed by atoms with van der Waals surface area (Å²) in [7, 11) is 0. The van der Waals surface area contributed by atoms with Gasteiger partial charge in [0.05, 0.1) is 12.3 Å². The minimum absolute atomic E-state index is 0.0502. The molecule has 0 aromatic carbocycles. The Morgan fingerprint density at radius 3 is 3.11 bits per heavy atom. The van der Waals surface area contributed by atoms with Crippen molar-refractivity contribution in [1.29, 1.82) is 0 Å². The smallest absolute Gasteiger partial charge is 0.254 e. The van der Waals surface area contributed by atoms with E-state index in [9.17, 15) is 0 Å². The van der Waals surface area contributed by atoms with Crippen molar-refractivity contribution in [3.05, 3.63) is 42.2 Å². The molecule has 0 aliphatic heterocycles. The summed E-state index contributed by atoms with van der Waals surface area (Å²) < 4.78 is 7.04. The van der Waals surface area contributed by atoms with E-state index in [1.165, 1.54) is 6.33 Å². The predicted octanol–water partition coefficient (Wildman–Crippen LogP) is 2.20. The Morgan fingerprint density at radius 2 is 2.33 bits per heavy atom. The molecule has 1 N–H and O–H groups in total. The lowest BCUT2D eigenvalue weighted by molar-refractivity contribution is 0.489. The average molecular weight is 243 g/mol. The number of furan rings is 1. The van der Waals surface area contributed by atoms with Gasteiger partial charge < -0.3 is 9.73 Å². The molecule has 0 aliphatic rings. The molecule has 3 heterocycles. The maximum Gasteiger partial charge on any atom is 0.254 e. The van der Waals surface area contributed by atoms with Gasteiger partial charge >= 0.3 is 0 Å². The van der Waals surface area contributed by atoms with E-state index in [-0.39, 0.29) is 6.04 Å². The first kappa shape index (κ1) is 10.8. The van der Waals surface area contributed by atoms with Crippen molar-refractivity contribution in [2.24, 2.45) is 0 Å². The molecular weight excluding hydrogens is 230 g/mol. The first-order valence-corrected chi connectivity index (χ1v) is 5.71. The lowest BCUT2D eigenvalue weighted by Crippen LogP contribution is -2.10.